The van der Waals surface area contributed by atoms with Gasteiger partial charge in [0.05, 0.1) is 36.9 Å². The molecule has 9 nitrogen and oxygen atoms in total. The van der Waals surface area contributed by atoms with Crippen molar-refractivity contribution in [1.29, 1.82) is 0 Å². The number of imide groups is 1. The second-order valence-electron chi connectivity index (χ2n) is 6.78. The Balaban J connectivity index is 1.64. The average Bonchev–Trinajstić information content (AvgIpc) is 3.02. The molecule has 0 bridgehead atoms. The third-order valence-corrected chi connectivity index (χ3v) is 5.04. The predicted molar refractivity (Wildman–Crippen MR) is 103 cm³/mol. The second-order valence-corrected chi connectivity index (χ2v) is 6.78. The maximum Gasteiger partial charge on any atom is 0.409 e. The molecule has 9 heteroatoms. The van der Waals surface area contributed by atoms with Gasteiger partial charge in [0.15, 0.2) is 0 Å². The Labute approximate surface area is 169 Å². The van der Waals surface area contributed by atoms with E-state index in [9.17, 15) is 19.2 Å². The van der Waals surface area contributed by atoms with Gasteiger partial charge in [0.2, 0.25) is 5.91 Å². The van der Waals surface area contributed by atoms with E-state index >= 15 is 0 Å². The van der Waals surface area contributed by atoms with Crippen LogP contribution in [0, 0.1) is 0 Å². The number of benzene rings is 1. The average molecular weight is 403 g/mol. The highest BCUT2D eigenvalue weighted by Gasteiger charge is 2.43. The SMILES string of the molecule is CCOC(=O)c1ccc(N2C(=O)CC(N3CCN(C(=O)OCC)CC3)C2=O)cc1. The number of ether oxygens (including phenoxy) is 2. The predicted octanol–water partition coefficient (Wildman–Crippen LogP) is 1.27. The first-order valence-corrected chi connectivity index (χ1v) is 9.76. The van der Waals surface area contributed by atoms with Crippen LogP contribution < -0.4 is 4.90 Å². The second kappa shape index (κ2) is 9.04. The van der Waals surface area contributed by atoms with E-state index in [1.54, 1.807) is 43.0 Å². The number of piperazine rings is 1. The minimum atomic E-state index is -0.545. The highest BCUT2D eigenvalue weighted by Crippen LogP contribution is 2.27. The number of nitrogens with zero attached hydrogens (tertiary/aromatic N) is 3. The van der Waals surface area contributed by atoms with Crippen LogP contribution in [0.4, 0.5) is 10.5 Å². The van der Waals surface area contributed by atoms with Crippen molar-refractivity contribution in [3.8, 4) is 0 Å². The van der Waals surface area contributed by atoms with Crippen LogP contribution in [0.25, 0.3) is 0 Å². The summed E-state index contributed by atoms with van der Waals surface area (Å²) in [7, 11) is 0. The molecule has 1 atom stereocenters. The first-order valence-electron chi connectivity index (χ1n) is 9.76. The number of rotatable bonds is 5. The molecule has 2 aliphatic heterocycles. The molecule has 0 N–H and O–H groups in total. The highest BCUT2D eigenvalue weighted by molar-refractivity contribution is 6.22. The topological polar surface area (TPSA) is 96.5 Å². The van der Waals surface area contributed by atoms with Crippen LogP contribution >= 0.6 is 0 Å². The fraction of sp³-hybridized carbons (Fsp3) is 0.500. The number of hydrogen-bond donors (Lipinski definition) is 0. The minimum absolute atomic E-state index is 0.0951. The molecule has 2 fully saturated rings. The first kappa shape index (κ1) is 20.8. The summed E-state index contributed by atoms with van der Waals surface area (Å²) in [5.74, 6) is -1.02. The van der Waals surface area contributed by atoms with E-state index in [0.29, 0.717) is 44.0 Å². The molecule has 2 aliphatic rings. The Kier molecular flexibility index (Phi) is 6.48. The molecule has 2 saturated heterocycles. The molecule has 0 radical (unpaired) electrons. The fourth-order valence-corrected chi connectivity index (χ4v) is 3.56. The Hall–Kier alpha value is -2.94. The summed E-state index contributed by atoms with van der Waals surface area (Å²) in [6.07, 6.45) is -0.262. The van der Waals surface area contributed by atoms with Gasteiger partial charge >= 0.3 is 12.1 Å². The van der Waals surface area contributed by atoms with E-state index in [-0.39, 0.29) is 30.9 Å². The largest absolute Gasteiger partial charge is 0.462 e. The molecule has 3 amide bonds. The third-order valence-electron chi connectivity index (χ3n) is 5.04. The quantitative estimate of drug-likeness (QED) is 0.539. The van der Waals surface area contributed by atoms with E-state index in [1.807, 2.05) is 4.90 Å². The Bertz CT molecular complexity index is 786. The van der Waals surface area contributed by atoms with Crippen molar-refractivity contribution in [1.82, 2.24) is 9.80 Å². The van der Waals surface area contributed by atoms with E-state index in [4.69, 9.17) is 9.47 Å². The van der Waals surface area contributed by atoms with Crippen LogP contribution in [0.1, 0.15) is 30.6 Å². The molecule has 1 unspecified atom stereocenters. The number of amides is 3. The normalized spacial score (nSPS) is 20.1. The third kappa shape index (κ3) is 4.40. The maximum absolute atomic E-state index is 12.9. The van der Waals surface area contributed by atoms with Crippen LogP contribution in [0.2, 0.25) is 0 Å². The van der Waals surface area contributed by atoms with Crippen LogP contribution in [0.15, 0.2) is 24.3 Å². The van der Waals surface area contributed by atoms with Gasteiger partial charge < -0.3 is 14.4 Å². The summed E-state index contributed by atoms with van der Waals surface area (Å²) < 4.78 is 9.95. The van der Waals surface area contributed by atoms with Gasteiger partial charge in [-0.25, -0.2) is 14.5 Å². The highest BCUT2D eigenvalue weighted by atomic mass is 16.6. The molecule has 1 aromatic carbocycles. The number of anilines is 1. The lowest BCUT2D eigenvalue weighted by atomic mass is 10.1. The standard InChI is InChI=1S/C20H25N3O6/c1-3-28-19(26)14-5-7-15(8-6-14)23-17(24)13-16(18(23)25)21-9-11-22(12-10-21)20(27)29-4-2/h5-8,16H,3-4,9-13H2,1-2H3. The lowest BCUT2D eigenvalue weighted by Crippen LogP contribution is -2.54. The zero-order chi connectivity index (χ0) is 21.0. The molecule has 0 spiro atoms. The Morgan fingerprint density at radius 1 is 0.966 bits per heavy atom. The van der Waals surface area contributed by atoms with Crippen molar-refractivity contribution < 1.29 is 28.7 Å². The van der Waals surface area contributed by atoms with E-state index in [0.717, 1.165) is 4.90 Å². The van der Waals surface area contributed by atoms with E-state index in [1.165, 1.54) is 0 Å². The molecule has 156 valence electrons. The lowest BCUT2D eigenvalue weighted by Gasteiger charge is -2.36. The number of carbonyl (C=O) groups excluding carboxylic acids is 4. The molecule has 0 aliphatic carbocycles. The zero-order valence-corrected chi connectivity index (χ0v) is 16.6. The monoisotopic (exact) mass is 403 g/mol. The van der Waals surface area contributed by atoms with Gasteiger partial charge in [-0.05, 0) is 38.1 Å². The van der Waals surface area contributed by atoms with Gasteiger partial charge in [0.1, 0.15) is 0 Å². The molecular formula is C20H25N3O6. The molecule has 2 heterocycles. The minimum Gasteiger partial charge on any atom is -0.462 e. The summed E-state index contributed by atoms with van der Waals surface area (Å²) in [6.45, 7) is 5.96. The zero-order valence-electron chi connectivity index (χ0n) is 16.6. The van der Waals surface area contributed by atoms with Crippen molar-refractivity contribution in [2.75, 3.05) is 44.3 Å². The van der Waals surface area contributed by atoms with Crippen LogP contribution in [0.3, 0.4) is 0 Å². The van der Waals surface area contributed by atoms with E-state index < -0.39 is 12.0 Å². The summed E-state index contributed by atoms with van der Waals surface area (Å²) in [4.78, 5) is 53.7. The van der Waals surface area contributed by atoms with Crippen molar-refractivity contribution in [3.63, 3.8) is 0 Å². The molecule has 1 aromatic rings. The molecule has 3 rings (SSSR count). The van der Waals surface area contributed by atoms with Crippen molar-refractivity contribution in [3.05, 3.63) is 29.8 Å². The van der Waals surface area contributed by atoms with Crippen molar-refractivity contribution in [2.45, 2.75) is 26.3 Å². The fourth-order valence-electron chi connectivity index (χ4n) is 3.56. The van der Waals surface area contributed by atoms with Crippen molar-refractivity contribution >= 4 is 29.6 Å². The number of esters is 1. The summed E-state index contributed by atoms with van der Waals surface area (Å²) in [6, 6.07) is 5.68. The smallest absolute Gasteiger partial charge is 0.409 e. The van der Waals surface area contributed by atoms with Crippen LogP contribution in [-0.2, 0) is 19.1 Å². The van der Waals surface area contributed by atoms with Gasteiger partial charge in [-0.3, -0.25) is 14.5 Å². The molecule has 29 heavy (non-hydrogen) atoms. The van der Waals surface area contributed by atoms with Gasteiger partial charge in [-0.15, -0.1) is 0 Å². The van der Waals surface area contributed by atoms with Crippen LogP contribution in [-0.4, -0.2) is 79.1 Å². The van der Waals surface area contributed by atoms with Gasteiger partial charge in [0.25, 0.3) is 5.91 Å². The molecule has 0 saturated carbocycles. The molecular weight excluding hydrogens is 378 g/mol. The van der Waals surface area contributed by atoms with Crippen LogP contribution in [0.5, 0.6) is 0 Å². The Morgan fingerprint density at radius 2 is 1.59 bits per heavy atom. The summed E-state index contributed by atoms with van der Waals surface area (Å²) in [5.41, 5.74) is 0.794. The first-order chi connectivity index (χ1) is 14.0. The number of carbonyl (C=O) groups is 4. The van der Waals surface area contributed by atoms with Gasteiger partial charge in [-0.1, -0.05) is 0 Å². The lowest BCUT2D eigenvalue weighted by molar-refractivity contribution is -0.123. The van der Waals surface area contributed by atoms with Gasteiger partial charge in [-0.2, -0.15) is 0 Å². The Morgan fingerprint density at radius 3 is 2.17 bits per heavy atom. The number of hydrogen-bond acceptors (Lipinski definition) is 7. The maximum atomic E-state index is 12.9. The van der Waals surface area contributed by atoms with Crippen molar-refractivity contribution in [2.24, 2.45) is 0 Å². The van der Waals surface area contributed by atoms with E-state index in [2.05, 4.69) is 0 Å². The molecule has 0 aromatic heterocycles. The summed E-state index contributed by atoms with van der Waals surface area (Å²) >= 11 is 0. The van der Waals surface area contributed by atoms with Gasteiger partial charge in [0, 0.05) is 26.2 Å². The summed E-state index contributed by atoms with van der Waals surface area (Å²) in [5, 5.41) is 0.